The molecule has 1 saturated heterocycles. The van der Waals surface area contributed by atoms with Crippen molar-refractivity contribution in [3.8, 4) is 11.8 Å². The van der Waals surface area contributed by atoms with E-state index in [-0.39, 0.29) is 30.1 Å². The smallest absolute Gasteiger partial charge is 0.257 e. The standard InChI is InChI=1S/C23H31N3O5/c1-25-12-5-8-21(27)26(2)15-20-19(29-3)10-9-17(31-20)11-13-30-22-16(14-24)6-4-7-18(22)23(25)28/h4,6-7,17,19-20H,5,8-13,15H2,1-3H3/t17-,19+,20-/m1/s1. The van der Waals surface area contributed by atoms with E-state index in [9.17, 15) is 14.9 Å². The summed E-state index contributed by atoms with van der Waals surface area (Å²) in [5, 5.41) is 9.50. The average Bonchev–Trinajstić information content (AvgIpc) is 2.78. The molecule has 31 heavy (non-hydrogen) atoms. The number of benzene rings is 1. The Labute approximate surface area is 183 Å². The number of rotatable bonds is 1. The van der Waals surface area contributed by atoms with Gasteiger partial charge in [0.05, 0.1) is 29.9 Å². The maximum atomic E-state index is 13.0. The van der Waals surface area contributed by atoms with Crippen LogP contribution in [0.1, 0.15) is 48.0 Å². The highest BCUT2D eigenvalue weighted by Crippen LogP contribution is 2.28. The number of hydrogen-bond donors (Lipinski definition) is 0. The fraction of sp³-hybridized carbons (Fsp3) is 0.609. The molecule has 2 bridgehead atoms. The lowest BCUT2D eigenvalue weighted by atomic mass is 9.98. The number of fused-ring (bicyclic) bond motifs is 3. The van der Waals surface area contributed by atoms with Crippen LogP contribution in [-0.4, -0.2) is 80.8 Å². The summed E-state index contributed by atoms with van der Waals surface area (Å²) < 4.78 is 17.8. The molecule has 0 unspecified atom stereocenters. The van der Waals surface area contributed by atoms with Crippen molar-refractivity contribution in [1.29, 1.82) is 5.26 Å². The van der Waals surface area contributed by atoms with Crippen molar-refractivity contribution in [2.24, 2.45) is 0 Å². The first-order valence-corrected chi connectivity index (χ1v) is 10.8. The zero-order chi connectivity index (χ0) is 22.4. The summed E-state index contributed by atoms with van der Waals surface area (Å²) in [7, 11) is 5.15. The molecule has 2 aliphatic heterocycles. The van der Waals surface area contributed by atoms with Crippen LogP contribution in [-0.2, 0) is 14.3 Å². The molecule has 168 valence electrons. The van der Waals surface area contributed by atoms with Crippen LogP contribution < -0.4 is 4.74 Å². The van der Waals surface area contributed by atoms with Crippen molar-refractivity contribution in [2.75, 3.05) is 40.9 Å². The van der Waals surface area contributed by atoms with E-state index in [0.29, 0.717) is 55.8 Å². The van der Waals surface area contributed by atoms with Gasteiger partial charge in [0.15, 0.2) is 0 Å². The fourth-order valence-electron chi connectivity index (χ4n) is 4.16. The highest BCUT2D eigenvalue weighted by molar-refractivity contribution is 5.97. The van der Waals surface area contributed by atoms with Gasteiger partial charge in [-0.3, -0.25) is 9.59 Å². The van der Waals surface area contributed by atoms with Gasteiger partial charge >= 0.3 is 0 Å². The third kappa shape index (κ3) is 5.54. The molecule has 0 saturated carbocycles. The Bertz CT molecular complexity index is 837. The average molecular weight is 430 g/mol. The number of amides is 2. The summed E-state index contributed by atoms with van der Waals surface area (Å²) >= 11 is 0. The minimum absolute atomic E-state index is 0.0176. The van der Waals surface area contributed by atoms with E-state index in [2.05, 4.69) is 6.07 Å². The van der Waals surface area contributed by atoms with E-state index in [0.717, 1.165) is 12.8 Å². The van der Waals surface area contributed by atoms with E-state index < -0.39 is 0 Å². The van der Waals surface area contributed by atoms with Gasteiger partial charge in [0.25, 0.3) is 5.91 Å². The lowest BCUT2D eigenvalue weighted by Gasteiger charge is -2.37. The summed E-state index contributed by atoms with van der Waals surface area (Å²) in [6.07, 6.45) is 2.88. The van der Waals surface area contributed by atoms with Gasteiger partial charge in [-0.05, 0) is 31.4 Å². The van der Waals surface area contributed by atoms with E-state index in [1.807, 2.05) is 0 Å². The van der Waals surface area contributed by atoms with Crippen LogP contribution in [0, 0.1) is 11.3 Å². The third-order valence-corrected chi connectivity index (χ3v) is 6.02. The molecule has 0 N–H and O–H groups in total. The minimum atomic E-state index is -0.225. The topological polar surface area (TPSA) is 92.1 Å². The number of hydrogen-bond acceptors (Lipinski definition) is 6. The molecule has 2 heterocycles. The van der Waals surface area contributed by atoms with Crippen molar-refractivity contribution in [3.05, 3.63) is 29.3 Å². The quantitative estimate of drug-likeness (QED) is 0.680. The van der Waals surface area contributed by atoms with E-state index in [1.54, 1.807) is 49.2 Å². The Kier molecular flexibility index (Phi) is 7.88. The van der Waals surface area contributed by atoms with Gasteiger partial charge in [0.2, 0.25) is 5.91 Å². The van der Waals surface area contributed by atoms with Crippen LogP contribution in [0.25, 0.3) is 0 Å². The van der Waals surface area contributed by atoms with Gasteiger partial charge in [-0.2, -0.15) is 5.26 Å². The van der Waals surface area contributed by atoms with Gasteiger partial charge in [0.1, 0.15) is 17.9 Å². The first kappa shape index (κ1) is 23.0. The Morgan fingerprint density at radius 2 is 1.97 bits per heavy atom. The second-order valence-corrected chi connectivity index (χ2v) is 8.18. The highest BCUT2D eigenvalue weighted by Gasteiger charge is 2.33. The number of nitriles is 1. The normalized spacial score (nSPS) is 26.1. The molecule has 0 aliphatic carbocycles. The first-order chi connectivity index (χ1) is 14.9. The number of carbonyl (C=O) groups excluding carboxylic acids is 2. The van der Waals surface area contributed by atoms with Crippen molar-refractivity contribution >= 4 is 11.8 Å². The molecule has 3 rings (SSSR count). The molecule has 8 nitrogen and oxygen atoms in total. The molecule has 0 spiro atoms. The van der Waals surface area contributed by atoms with Crippen LogP contribution in [0.4, 0.5) is 0 Å². The van der Waals surface area contributed by atoms with Gasteiger partial charge in [-0.1, -0.05) is 6.07 Å². The molecular weight excluding hydrogens is 398 g/mol. The van der Waals surface area contributed by atoms with Crippen LogP contribution in [0.5, 0.6) is 5.75 Å². The van der Waals surface area contributed by atoms with E-state index >= 15 is 0 Å². The summed E-state index contributed by atoms with van der Waals surface area (Å²) in [6.45, 7) is 1.22. The summed E-state index contributed by atoms with van der Waals surface area (Å²) in [4.78, 5) is 28.9. The zero-order valence-corrected chi connectivity index (χ0v) is 18.5. The molecule has 3 atom stereocenters. The van der Waals surface area contributed by atoms with E-state index in [4.69, 9.17) is 14.2 Å². The number of ether oxygens (including phenoxy) is 3. The van der Waals surface area contributed by atoms with Gasteiger partial charge in [-0.15, -0.1) is 0 Å². The summed E-state index contributed by atoms with van der Waals surface area (Å²) in [5.74, 6) is 0.104. The van der Waals surface area contributed by atoms with Crippen LogP contribution in [0.2, 0.25) is 0 Å². The van der Waals surface area contributed by atoms with Crippen molar-refractivity contribution in [3.63, 3.8) is 0 Å². The lowest BCUT2D eigenvalue weighted by molar-refractivity contribution is -0.150. The molecule has 0 radical (unpaired) electrons. The van der Waals surface area contributed by atoms with Gasteiger partial charge in [0, 0.05) is 47.1 Å². The monoisotopic (exact) mass is 429 g/mol. The van der Waals surface area contributed by atoms with Crippen LogP contribution >= 0.6 is 0 Å². The number of carbonyl (C=O) groups is 2. The number of methoxy groups -OCH3 is 1. The predicted octanol–water partition coefficient (Wildman–Crippen LogP) is 2.21. The summed E-state index contributed by atoms with van der Waals surface area (Å²) in [5.41, 5.74) is 0.693. The maximum Gasteiger partial charge on any atom is 0.257 e. The van der Waals surface area contributed by atoms with Gasteiger partial charge < -0.3 is 24.0 Å². The molecule has 2 aliphatic rings. The molecule has 1 aromatic rings. The molecule has 8 heteroatoms. The lowest BCUT2D eigenvalue weighted by Crippen LogP contribution is -2.47. The Morgan fingerprint density at radius 3 is 2.71 bits per heavy atom. The molecule has 1 fully saturated rings. The predicted molar refractivity (Wildman–Crippen MR) is 114 cm³/mol. The second-order valence-electron chi connectivity index (χ2n) is 8.18. The van der Waals surface area contributed by atoms with Gasteiger partial charge in [-0.25, -0.2) is 0 Å². The first-order valence-electron chi connectivity index (χ1n) is 10.8. The molecule has 1 aromatic carbocycles. The minimum Gasteiger partial charge on any atom is -0.491 e. The Balaban J connectivity index is 1.85. The summed E-state index contributed by atoms with van der Waals surface area (Å²) in [6, 6.07) is 7.12. The number of para-hydroxylation sites is 1. The SMILES string of the molecule is CO[C@H]1CC[C@@H]2CCOc3c(C#N)cccc3C(=O)N(C)CCCC(=O)N(C)C[C@H]1O2. The van der Waals surface area contributed by atoms with Crippen LogP contribution in [0.3, 0.4) is 0 Å². The third-order valence-electron chi connectivity index (χ3n) is 6.02. The van der Waals surface area contributed by atoms with Crippen LogP contribution in [0.15, 0.2) is 18.2 Å². The highest BCUT2D eigenvalue weighted by atomic mass is 16.5. The van der Waals surface area contributed by atoms with E-state index in [1.165, 1.54) is 0 Å². The Hall–Kier alpha value is -2.63. The second kappa shape index (κ2) is 10.6. The fourth-order valence-corrected chi connectivity index (χ4v) is 4.16. The van der Waals surface area contributed by atoms with Crippen molar-refractivity contribution < 1.29 is 23.8 Å². The van der Waals surface area contributed by atoms with Crippen molar-refractivity contribution in [2.45, 2.75) is 50.4 Å². The number of likely N-dealkylation sites (N-methyl/N-ethyl adjacent to an activating group) is 1. The molecule has 2 amide bonds. The zero-order valence-electron chi connectivity index (χ0n) is 18.5. The largest absolute Gasteiger partial charge is 0.491 e. The number of nitrogens with zero attached hydrogens (tertiary/aromatic N) is 3. The maximum absolute atomic E-state index is 13.0. The van der Waals surface area contributed by atoms with Crippen molar-refractivity contribution in [1.82, 2.24) is 9.80 Å². The Morgan fingerprint density at radius 1 is 1.16 bits per heavy atom. The molecular formula is C23H31N3O5. The molecule has 0 aromatic heterocycles.